The molecule has 5 nitrogen and oxygen atoms in total. The van der Waals surface area contributed by atoms with Gasteiger partial charge in [0.1, 0.15) is 5.75 Å². The van der Waals surface area contributed by atoms with Gasteiger partial charge in [-0.15, -0.1) is 0 Å². The van der Waals surface area contributed by atoms with Gasteiger partial charge in [0.25, 0.3) is 0 Å². The molecule has 4 aromatic rings. The van der Waals surface area contributed by atoms with Crippen molar-refractivity contribution in [3.63, 3.8) is 0 Å². The Kier molecular flexibility index (Phi) is 4.48. The average Bonchev–Trinajstić information content (AvgIpc) is 3.19. The molecule has 0 radical (unpaired) electrons. The minimum Gasteiger partial charge on any atom is -0.423 e. The molecule has 8 rings (SSSR count). The van der Waals surface area contributed by atoms with Crippen LogP contribution in [0.15, 0.2) is 103 Å². The van der Waals surface area contributed by atoms with Crippen molar-refractivity contribution in [3.05, 3.63) is 131 Å². The van der Waals surface area contributed by atoms with Gasteiger partial charge in [-0.3, -0.25) is 9.59 Å². The molecule has 4 aliphatic rings. The Morgan fingerprint density at radius 1 is 0.611 bits per heavy atom. The van der Waals surface area contributed by atoms with Crippen LogP contribution in [0.1, 0.15) is 44.4 Å². The highest BCUT2D eigenvalue weighted by molar-refractivity contribution is 6.23. The average molecular weight is 472 g/mol. The van der Waals surface area contributed by atoms with Crippen molar-refractivity contribution in [2.24, 2.45) is 11.8 Å². The lowest BCUT2D eigenvalue weighted by atomic mass is 9.55. The predicted molar refractivity (Wildman–Crippen MR) is 134 cm³/mol. The molecule has 1 fully saturated rings. The van der Waals surface area contributed by atoms with E-state index in [0.717, 1.165) is 22.3 Å². The minimum atomic E-state index is -0.496. The molecule has 5 heteroatoms. The minimum absolute atomic E-state index is 0.159. The number of amides is 2. The van der Waals surface area contributed by atoms with Crippen LogP contribution in [0.3, 0.4) is 0 Å². The number of carbonyl (C=O) groups is 3. The lowest BCUT2D eigenvalue weighted by molar-refractivity contribution is -0.122. The maximum Gasteiger partial charge on any atom is 0.343 e. The molecule has 0 spiro atoms. The van der Waals surface area contributed by atoms with Gasteiger partial charge in [0, 0.05) is 17.9 Å². The van der Waals surface area contributed by atoms with E-state index in [1.165, 1.54) is 4.90 Å². The number of hydrogen-bond acceptors (Lipinski definition) is 4. The third kappa shape index (κ3) is 2.86. The fourth-order valence-corrected chi connectivity index (χ4v) is 6.36. The van der Waals surface area contributed by atoms with Gasteiger partial charge in [-0.1, -0.05) is 72.8 Å². The van der Waals surface area contributed by atoms with Gasteiger partial charge in [0.15, 0.2) is 0 Å². The Morgan fingerprint density at radius 3 is 1.64 bits per heavy atom. The topological polar surface area (TPSA) is 63.7 Å². The Balaban J connectivity index is 1.27. The van der Waals surface area contributed by atoms with Gasteiger partial charge >= 0.3 is 5.97 Å². The summed E-state index contributed by atoms with van der Waals surface area (Å²) >= 11 is 0. The zero-order valence-electron chi connectivity index (χ0n) is 19.2. The first kappa shape index (κ1) is 20.8. The summed E-state index contributed by atoms with van der Waals surface area (Å²) < 4.78 is 5.56. The molecular formula is C31H21NO4. The molecule has 2 bridgehead atoms. The summed E-state index contributed by atoms with van der Waals surface area (Å²) in [5.74, 6) is -1.84. The van der Waals surface area contributed by atoms with Crippen LogP contribution in [0.25, 0.3) is 0 Å². The highest BCUT2D eigenvalue weighted by atomic mass is 16.5. The highest BCUT2D eigenvalue weighted by Gasteiger charge is 2.61. The van der Waals surface area contributed by atoms with Crippen LogP contribution in [0.2, 0.25) is 0 Å². The van der Waals surface area contributed by atoms with Crippen LogP contribution in [0, 0.1) is 11.8 Å². The standard InChI is InChI=1S/C31H21NO4/c33-29-27-25-21-13-4-5-14-22(21)26(24-16-7-6-15-23(24)25)28(27)30(34)32(29)19-11-8-12-20(17-19)36-31(35)18-9-2-1-3-10-18/h1-17,25-28H/t25?,26?,27-,28-/m1/s1. The summed E-state index contributed by atoms with van der Waals surface area (Å²) in [6.45, 7) is 0. The molecule has 174 valence electrons. The van der Waals surface area contributed by atoms with Crippen LogP contribution in [0.4, 0.5) is 5.69 Å². The van der Waals surface area contributed by atoms with Gasteiger partial charge in [-0.25, -0.2) is 9.69 Å². The van der Waals surface area contributed by atoms with Gasteiger partial charge in [0.2, 0.25) is 11.8 Å². The van der Waals surface area contributed by atoms with Crippen LogP contribution < -0.4 is 9.64 Å². The lowest BCUT2D eigenvalue weighted by Crippen LogP contribution is -2.41. The van der Waals surface area contributed by atoms with Crippen molar-refractivity contribution < 1.29 is 19.1 Å². The number of hydrogen-bond donors (Lipinski definition) is 0. The second-order valence-electron chi connectivity index (χ2n) is 9.53. The lowest BCUT2D eigenvalue weighted by Gasteiger charge is -2.45. The first-order chi connectivity index (χ1) is 17.6. The molecule has 36 heavy (non-hydrogen) atoms. The first-order valence-corrected chi connectivity index (χ1v) is 12.1. The largest absolute Gasteiger partial charge is 0.423 e. The zero-order chi connectivity index (χ0) is 24.4. The van der Waals surface area contributed by atoms with E-state index in [9.17, 15) is 14.4 Å². The summed E-state index contributed by atoms with van der Waals surface area (Å²) in [4.78, 5) is 41.7. The number of nitrogens with zero attached hydrogens (tertiary/aromatic N) is 1. The van der Waals surface area contributed by atoms with Crippen molar-refractivity contribution in [3.8, 4) is 5.75 Å². The van der Waals surface area contributed by atoms with Crippen molar-refractivity contribution in [1.82, 2.24) is 0 Å². The smallest absolute Gasteiger partial charge is 0.343 e. The summed E-state index contributed by atoms with van der Waals surface area (Å²) in [6.07, 6.45) is 0. The molecule has 2 amide bonds. The molecule has 0 aromatic heterocycles. The highest BCUT2D eigenvalue weighted by Crippen LogP contribution is 2.61. The van der Waals surface area contributed by atoms with Crippen molar-refractivity contribution in [1.29, 1.82) is 0 Å². The quantitative estimate of drug-likeness (QED) is 0.231. The van der Waals surface area contributed by atoms with E-state index in [-0.39, 0.29) is 29.4 Å². The van der Waals surface area contributed by atoms with E-state index >= 15 is 0 Å². The molecule has 1 heterocycles. The molecule has 1 aliphatic heterocycles. The van der Waals surface area contributed by atoms with Crippen molar-refractivity contribution in [2.75, 3.05) is 4.90 Å². The van der Waals surface area contributed by atoms with Crippen molar-refractivity contribution in [2.45, 2.75) is 11.8 Å². The van der Waals surface area contributed by atoms with Crippen LogP contribution in [0.5, 0.6) is 5.75 Å². The second kappa shape index (κ2) is 7.75. The van der Waals surface area contributed by atoms with Crippen LogP contribution in [-0.2, 0) is 9.59 Å². The summed E-state index contributed by atoms with van der Waals surface area (Å²) in [6, 6.07) is 31.7. The maximum atomic E-state index is 13.9. The molecule has 4 aromatic carbocycles. The molecule has 1 saturated heterocycles. The van der Waals surface area contributed by atoms with E-state index in [1.54, 1.807) is 48.5 Å². The van der Waals surface area contributed by atoms with Gasteiger partial charge in [-0.05, 0) is 46.5 Å². The molecule has 3 aliphatic carbocycles. The second-order valence-corrected chi connectivity index (χ2v) is 9.53. The third-order valence-electron chi connectivity index (χ3n) is 7.74. The van der Waals surface area contributed by atoms with E-state index in [1.807, 2.05) is 30.3 Å². The Labute approximate surface area is 207 Å². The summed E-state index contributed by atoms with van der Waals surface area (Å²) in [7, 11) is 0. The fourth-order valence-electron chi connectivity index (χ4n) is 6.36. The van der Waals surface area contributed by atoms with Gasteiger partial charge < -0.3 is 4.74 Å². The van der Waals surface area contributed by atoms with Gasteiger partial charge in [-0.2, -0.15) is 0 Å². The van der Waals surface area contributed by atoms with E-state index in [2.05, 4.69) is 24.3 Å². The predicted octanol–water partition coefficient (Wildman–Crippen LogP) is 5.30. The van der Waals surface area contributed by atoms with E-state index < -0.39 is 17.8 Å². The molecule has 2 atom stereocenters. The first-order valence-electron chi connectivity index (χ1n) is 12.1. The van der Waals surface area contributed by atoms with Crippen molar-refractivity contribution >= 4 is 23.5 Å². The van der Waals surface area contributed by atoms with Crippen LogP contribution >= 0.6 is 0 Å². The summed E-state index contributed by atoms with van der Waals surface area (Å²) in [5.41, 5.74) is 5.39. The Bertz CT molecular complexity index is 1440. The molecule has 0 saturated carbocycles. The Hall–Kier alpha value is -4.51. The third-order valence-corrected chi connectivity index (χ3v) is 7.74. The number of benzene rings is 4. The zero-order valence-corrected chi connectivity index (χ0v) is 19.2. The molecular weight excluding hydrogens is 450 g/mol. The fraction of sp³-hybridized carbons (Fsp3) is 0.129. The number of anilines is 1. The number of carbonyl (C=O) groups excluding carboxylic acids is 3. The monoisotopic (exact) mass is 471 g/mol. The van der Waals surface area contributed by atoms with E-state index in [4.69, 9.17) is 4.74 Å². The van der Waals surface area contributed by atoms with E-state index in [0.29, 0.717) is 11.3 Å². The molecule has 0 unspecified atom stereocenters. The number of rotatable bonds is 3. The number of esters is 1. The number of imide groups is 1. The van der Waals surface area contributed by atoms with Crippen LogP contribution in [-0.4, -0.2) is 17.8 Å². The maximum absolute atomic E-state index is 13.9. The normalized spacial score (nSPS) is 23.2. The summed E-state index contributed by atoms with van der Waals surface area (Å²) in [5, 5.41) is 0. The van der Waals surface area contributed by atoms with Gasteiger partial charge in [0.05, 0.1) is 23.1 Å². The SMILES string of the molecule is O=C(Oc1cccc(N2C(=O)[C@@H]3C4c5ccccc5C(c5ccccc54)[C@H]3C2=O)c1)c1ccccc1. The molecule has 0 N–H and O–H groups in total. The Morgan fingerprint density at radius 2 is 1.11 bits per heavy atom. The number of ether oxygens (including phenoxy) is 1.